The summed E-state index contributed by atoms with van der Waals surface area (Å²) < 4.78 is 11.2. The Balaban J connectivity index is 1.43. The maximum absolute atomic E-state index is 5.90. The van der Waals surface area contributed by atoms with Crippen LogP contribution in [0.15, 0.2) is 41.1 Å². The van der Waals surface area contributed by atoms with Crippen molar-refractivity contribution in [2.45, 2.75) is 25.6 Å². The van der Waals surface area contributed by atoms with Crippen molar-refractivity contribution in [3.8, 4) is 11.4 Å². The van der Waals surface area contributed by atoms with E-state index in [1.807, 2.05) is 30.3 Å². The third-order valence-corrected chi connectivity index (χ3v) is 4.44. The molecule has 2 aromatic heterocycles. The summed E-state index contributed by atoms with van der Waals surface area (Å²) in [6, 6.07) is 9.89. The van der Waals surface area contributed by atoms with Crippen molar-refractivity contribution in [2.24, 2.45) is 0 Å². The number of benzene rings is 1. The first-order chi connectivity index (χ1) is 11.8. The van der Waals surface area contributed by atoms with E-state index in [1.165, 1.54) is 0 Å². The normalized spacial score (nSPS) is 16.7. The zero-order chi connectivity index (χ0) is 16.4. The first-order valence-corrected chi connectivity index (χ1v) is 8.26. The maximum Gasteiger partial charge on any atom is 0.252 e. The van der Waals surface area contributed by atoms with Crippen LogP contribution >= 0.6 is 0 Å². The highest BCUT2D eigenvalue weighted by Gasteiger charge is 2.18. The van der Waals surface area contributed by atoms with Gasteiger partial charge in [0.15, 0.2) is 0 Å². The summed E-state index contributed by atoms with van der Waals surface area (Å²) in [4.78, 5) is 11.1. The van der Waals surface area contributed by atoms with E-state index in [0.717, 1.165) is 42.4 Å². The number of hydrogen-bond donors (Lipinski definition) is 0. The smallest absolute Gasteiger partial charge is 0.252 e. The molecule has 6 nitrogen and oxygen atoms in total. The fourth-order valence-electron chi connectivity index (χ4n) is 2.99. The molecular weight excluding hydrogens is 304 g/mol. The molecule has 0 amide bonds. The van der Waals surface area contributed by atoms with E-state index < -0.39 is 0 Å². The Bertz CT molecular complexity index is 825. The molecule has 0 atom stereocenters. The molecule has 0 aliphatic carbocycles. The van der Waals surface area contributed by atoms with Gasteiger partial charge in [-0.15, -0.1) is 0 Å². The van der Waals surface area contributed by atoms with Crippen molar-refractivity contribution in [1.29, 1.82) is 0 Å². The van der Waals surface area contributed by atoms with E-state index in [9.17, 15) is 0 Å². The number of likely N-dealkylation sites (tertiary alicyclic amines) is 1. The Morgan fingerprint density at radius 3 is 3.00 bits per heavy atom. The van der Waals surface area contributed by atoms with E-state index in [1.54, 1.807) is 6.20 Å². The summed E-state index contributed by atoms with van der Waals surface area (Å²) >= 11 is 0. The maximum atomic E-state index is 5.90. The SMILES string of the molecule is CN1CCC(OCc2nc(-c3ccc4ncccc4c3)no2)CC1. The second kappa shape index (κ2) is 6.67. The molecule has 3 heterocycles. The van der Waals surface area contributed by atoms with Crippen molar-refractivity contribution in [1.82, 2.24) is 20.0 Å². The third-order valence-electron chi connectivity index (χ3n) is 4.44. The topological polar surface area (TPSA) is 64.3 Å². The Hall–Kier alpha value is -2.31. The van der Waals surface area contributed by atoms with Gasteiger partial charge in [-0.1, -0.05) is 11.2 Å². The quantitative estimate of drug-likeness (QED) is 0.735. The minimum Gasteiger partial charge on any atom is -0.368 e. The van der Waals surface area contributed by atoms with Crippen LogP contribution in [0.5, 0.6) is 0 Å². The van der Waals surface area contributed by atoms with E-state index in [4.69, 9.17) is 9.26 Å². The number of nitrogens with zero attached hydrogens (tertiary/aromatic N) is 4. The van der Waals surface area contributed by atoms with Gasteiger partial charge in [0.1, 0.15) is 6.61 Å². The Kier molecular flexibility index (Phi) is 4.23. The van der Waals surface area contributed by atoms with Crippen LogP contribution in [0.25, 0.3) is 22.3 Å². The number of fused-ring (bicyclic) bond motifs is 1. The van der Waals surface area contributed by atoms with Gasteiger partial charge in [-0.2, -0.15) is 4.98 Å². The summed E-state index contributed by atoms with van der Waals surface area (Å²) in [6.07, 6.45) is 4.17. The van der Waals surface area contributed by atoms with Gasteiger partial charge in [-0.25, -0.2) is 0 Å². The van der Waals surface area contributed by atoms with Crippen molar-refractivity contribution in [2.75, 3.05) is 20.1 Å². The number of piperidine rings is 1. The van der Waals surface area contributed by atoms with Gasteiger partial charge in [0, 0.05) is 30.2 Å². The van der Waals surface area contributed by atoms with Crippen LogP contribution < -0.4 is 0 Å². The summed E-state index contributed by atoms with van der Waals surface area (Å²) in [5.74, 6) is 1.11. The summed E-state index contributed by atoms with van der Waals surface area (Å²) in [5.41, 5.74) is 1.88. The average molecular weight is 324 g/mol. The number of aromatic nitrogens is 3. The molecule has 24 heavy (non-hydrogen) atoms. The monoisotopic (exact) mass is 324 g/mol. The highest BCUT2D eigenvalue weighted by molar-refractivity contribution is 5.82. The number of pyridine rings is 1. The molecule has 1 fully saturated rings. The number of hydrogen-bond acceptors (Lipinski definition) is 6. The van der Waals surface area contributed by atoms with Crippen LogP contribution in [0, 0.1) is 0 Å². The Labute approximate surface area is 140 Å². The van der Waals surface area contributed by atoms with Crippen molar-refractivity contribution >= 4 is 10.9 Å². The van der Waals surface area contributed by atoms with Crippen LogP contribution in [0.4, 0.5) is 0 Å². The lowest BCUT2D eigenvalue weighted by molar-refractivity contribution is -0.00830. The average Bonchev–Trinajstić information content (AvgIpc) is 3.10. The van der Waals surface area contributed by atoms with E-state index >= 15 is 0 Å². The van der Waals surface area contributed by atoms with Crippen molar-refractivity contribution in [3.63, 3.8) is 0 Å². The Morgan fingerprint density at radius 1 is 1.25 bits per heavy atom. The molecule has 0 spiro atoms. The van der Waals surface area contributed by atoms with Crippen LogP contribution in [-0.2, 0) is 11.3 Å². The second-order valence-corrected chi connectivity index (χ2v) is 6.24. The van der Waals surface area contributed by atoms with Crippen molar-refractivity contribution in [3.05, 3.63) is 42.4 Å². The molecule has 0 bridgehead atoms. The molecule has 1 aliphatic heterocycles. The standard InChI is InChI=1S/C18H20N4O2/c1-22-9-6-15(7-10-22)23-12-17-20-18(21-24-17)14-4-5-16-13(11-14)3-2-8-19-16/h2-5,8,11,15H,6-7,9-10,12H2,1H3. The minimum atomic E-state index is 0.281. The molecule has 0 radical (unpaired) electrons. The minimum absolute atomic E-state index is 0.281. The summed E-state index contributed by atoms with van der Waals surface area (Å²) in [7, 11) is 2.14. The van der Waals surface area contributed by atoms with Crippen molar-refractivity contribution < 1.29 is 9.26 Å². The van der Waals surface area contributed by atoms with Gasteiger partial charge in [0.2, 0.25) is 5.82 Å². The van der Waals surface area contributed by atoms with Gasteiger partial charge in [-0.05, 0) is 44.2 Å². The lowest BCUT2D eigenvalue weighted by Crippen LogP contribution is -2.34. The fourth-order valence-corrected chi connectivity index (χ4v) is 2.99. The van der Waals surface area contributed by atoms with Crippen LogP contribution in [0.2, 0.25) is 0 Å². The summed E-state index contributed by atoms with van der Waals surface area (Å²) in [5, 5.41) is 5.13. The Morgan fingerprint density at radius 2 is 2.12 bits per heavy atom. The molecular formula is C18H20N4O2. The third kappa shape index (κ3) is 3.29. The van der Waals surface area contributed by atoms with Gasteiger partial charge in [0.25, 0.3) is 5.89 Å². The second-order valence-electron chi connectivity index (χ2n) is 6.24. The van der Waals surface area contributed by atoms with Gasteiger partial charge < -0.3 is 14.2 Å². The number of rotatable bonds is 4. The molecule has 0 unspecified atom stereocenters. The van der Waals surface area contributed by atoms with Gasteiger partial charge in [0.05, 0.1) is 11.6 Å². The lowest BCUT2D eigenvalue weighted by atomic mass is 10.1. The molecule has 4 rings (SSSR count). The number of ether oxygens (including phenoxy) is 1. The fraction of sp³-hybridized carbons (Fsp3) is 0.389. The zero-order valence-electron chi connectivity index (χ0n) is 13.7. The predicted molar refractivity (Wildman–Crippen MR) is 90.3 cm³/mol. The zero-order valence-corrected chi connectivity index (χ0v) is 13.7. The molecule has 1 saturated heterocycles. The lowest BCUT2D eigenvalue weighted by Gasteiger charge is -2.28. The van der Waals surface area contributed by atoms with Gasteiger partial charge in [-0.3, -0.25) is 4.98 Å². The molecule has 0 saturated carbocycles. The van der Waals surface area contributed by atoms with E-state index in [2.05, 4.69) is 27.1 Å². The first-order valence-electron chi connectivity index (χ1n) is 8.26. The highest BCUT2D eigenvalue weighted by Crippen LogP contribution is 2.22. The predicted octanol–water partition coefficient (Wildman–Crippen LogP) is 2.90. The van der Waals surface area contributed by atoms with E-state index in [0.29, 0.717) is 18.3 Å². The highest BCUT2D eigenvalue weighted by atomic mass is 16.5. The summed E-state index contributed by atoms with van der Waals surface area (Å²) in [6.45, 7) is 2.52. The van der Waals surface area contributed by atoms with Crippen LogP contribution in [0.1, 0.15) is 18.7 Å². The van der Waals surface area contributed by atoms with E-state index in [-0.39, 0.29) is 6.10 Å². The first kappa shape index (κ1) is 15.2. The molecule has 124 valence electrons. The molecule has 1 aliphatic rings. The molecule has 0 N–H and O–H groups in total. The van der Waals surface area contributed by atoms with Crippen LogP contribution in [-0.4, -0.2) is 46.3 Å². The molecule has 1 aromatic carbocycles. The van der Waals surface area contributed by atoms with Crippen LogP contribution in [0.3, 0.4) is 0 Å². The largest absolute Gasteiger partial charge is 0.368 e. The molecule has 3 aromatic rings. The molecule has 6 heteroatoms. The van der Waals surface area contributed by atoms with Gasteiger partial charge >= 0.3 is 0 Å².